The fourth-order valence-electron chi connectivity index (χ4n) is 5.87. The van der Waals surface area contributed by atoms with E-state index in [9.17, 15) is 9.59 Å². The lowest BCUT2D eigenvalue weighted by molar-refractivity contribution is 0.390. The van der Waals surface area contributed by atoms with Crippen LogP contribution < -0.4 is 31.2 Å². The van der Waals surface area contributed by atoms with Gasteiger partial charge in [0.15, 0.2) is 0 Å². The maximum absolute atomic E-state index is 12.0. The third-order valence-corrected chi connectivity index (χ3v) is 9.41. The molecule has 0 bridgehead atoms. The molecule has 6 aromatic rings. The first-order valence-corrected chi connectivity index (χ1v) is 17.5. The van der Waals surface area contributed by atoms with E-state index in [4.69, 9.17) is 42.6 Å². The van der Waals surface area contributed by atoms with Crippen molar-refractivity contribution in [3.63, 3.8) is 0 Å². The smallest absolute Gasteiger partial charge is 0.250 e. The van der Waals surface area contributed by atoms with Gasteiger partial charge in [-0.05, 0) is 24.3 Å². The van der Waals surface area contributed by atoms with Crippen LogP contribution in [0.15, 0.2) is 119 Å². The molecule has 0 fully saturated rings. The van der Waals surface area contributed by atoms with Gasteiger partial charge in [0.1, 0.15) is 0 Å². The van der Waals surface area contributed by atoms with E-state index in [-0.39, 0.29) is 11.1 Å². The van der Waals surface area contributed by atoms with Crippen LogP contribution in [0.25, 0.3) is 33.6 Å². The van der Waals surface area contributed by atoms with Gasteiger partial charge in [-0.3, -0.25) is 9.59 Å². The highest BCUT2D eigenvalue weighted by Gasteiger charge is 2.18. The van der Waals surface area contributed by atoms with Gasteiger partial charge in [0.05, 0.1) is 35.7 Å². The molecule has 0 amide bonds. The summed E-state index contributed by atoms with van der Waals surface area (Å²) in [6.45, 7) is 3.33. The second kappa shape index (κ2) is 17.3. The molecule has 0 aliphatic carbocycles. The molecule has 0 saturated heterocycles. The first kappa shape index (κ1) is 36.5. The van der Waals surface area contributed by atoms with Crippen LogP contribution in [0.1, 0.15) is 11.1 Å². The van der Waals surface area contributed by atoms with Gasteiger partial charge in [-0.2, -0.15) is 0 Å². The number of aromatic nitrogens is 4. The summed E-state index contributed by atoms with van der Waals surface area (Å²) in [7, 11) is 3.17. The maximum Gasteiger partial charge on any atom is 0.250 e. The lowest BCUT2D eigenvalue weighted by Crippen LogP contribution is -2.26. The lowest BCUT2D eigenvalue weighted by Gasteiger charge is -2.16. The molecule has 52 heavy (non-hydrogen) atoms. The number of pyridine rings is 4. The Balaban J connectivity index is 1.18. The van der Waals surface area contributed by atoms with Gasteiger partial charge in [-0.15, -0.1) is 0 Å². The predicted molar refractivity (Wildman–Crippen MR) is 206 cm³/mol. The summed E-state index contributed by atoms with van der Waals surface area (Å²) >= 11 is 14.2. The second-order valence-electron chi connectivity index (χ2n) is 11.9. The van der Waals surface area contributed by atoms with Crippen LogP contribution in [0, 0.1) is 0 Å². The van der Waals surface area contributed by atoms with Crippen molar-refractivity contribution in [1.82, 2.24) is 29.7 Å². The monoisotopic (exact) mass is 736 g/mol. The summed E-state index contributed by atoms with van der Waals surface area (Å²) in [5.74, 6) is 0.961. The molecule has 6 rings (SSSR count). The van der Waals surface area contributed by atoms with E-state index in [1.165, 1.54) is 0 Å². The van der Waals surface area contributed by atoms with Gasteiger partial charge in [-0.1, -0.05) is 83.9 Å². The fourth-order valence-corrected chi connectivity index (χ4v) is 6.52. The van der Waals surface area contributed by atoms with E-state index < -0.39 is 0 Å². The van der Waals surface area contributed by atoms with Crippen molar-refractivity contribution in [3.8, 4) is 45.4 Å². The van der Waals surface area contributed by atoms with Crippen LogP contribution in [0.4, 0.5) is 0 Å². The number of rotatable bonds is 15. The molecule has 0 aliphatic heterocycles. The molecule has 0 radical (unpaired) electrons. The first-order chi connectivity index (χ1) is 25.4. The molecule has 0 unspecified atom stereocenters. The molecule has 10 nitrogen and oxygen atoms in total. The number of benzene rings is 2. The largest absolute Gasteiger partial charge is 0.481 e. The number of methoxy groups -OCH3 is 2. The molecular weight excluding hydrogens is 699 g/mol. The zero-order valence-corrected chi connectivity index (χ0v) is 30.3. The second-order valence-corrected chi connectivity index (χ2v) is 12.6. The van der Waals surface area contributed by atoms with Crippen molar-refractivity contribution in [1.29, 1.82) is 0 Å². The van der Waals surface area contributed by atoms with E-state index in [1.807, 2.05) is 72.8 Å². The number of ether oxygens (including phenoxy) is 2. The summed E-state index contributed by atoms with van der Waals surface area (Å²) in [4.78, 5) is 33.5. The topological polar surface area (TPSA) is 112 Å². The Labute approximate surface area is 311 Å². The Hall–Kier alpha value is -5.26. The molecule has 2 aromatic carbocycles. The predicted octanol–water partition coefficient (Wildman–Crippen LogP) is 6.70. The van der Waals surface area contributed by atoms with Crippen LogP contribution in [-0.2, 0) is 26.2 Å². The van der Waals surface area contributed by atoms with Crippen LogP contribution >= 0.6 is 23.2 Å². The Bertz CT molecular complexity index is 2130. The van der Waals surface area contributed by atoms with Crippen molar-refractivity contribution < 1.29 is 9.47 Å². The maximum atomic E-state index is 12.0. The minimum absolute atomic E-state index is 0.0355. The number of hydrogen-bond donors (Lipinski definition) is 2. The lowest BCUT2D eigenvalue weighted by atomic mass is 9.98. The molecule has 4 heterocycles. The van der Waals surface area contributed by atoms with Gasteiger partial charge in [0.2, 0.25) is 11.8 Å². The normalized spacial score (nSPS) is 11.1. The highest BCUT2D eigenvalue weighted by Crippen LogP contribution is 2.42. The molecule has 266 valence electrons. The molecule has 0 atom stereocenters. The van der Waals surface area contributed by atoms with Gasteiger partial charge < -0.3 is 29.2 Å². The summed E-state index contributed by atoms with van der Waals surface area (Å²) in [5, 5.41) is 7.72. The number of nitrogens with one attached hydrogen (secondary N) is 2. The summed E-state index contributed by atoms with van der Waals surface area (Å²) in [5.41, 5.74) is 5.96. The molecule has 2 N–H and O–H groups in total. The van der Waals surface area contributed by atoms with Crippen molar-refractivity contribution >= 4 is 23.2 Å². The van der Waals surface area contributed by atoms with Gasteiger partial charge in [0.25, 0.3) is 11.1 Å². The Morgan fingerprint density at radius 2 is 0.981 bits per heavy atom. The van der Waals surface area contributed by atoms with E-state index in [2.05, 4.69) is 10.6 Å². The van der Waals surface area contributed by atoms with E-state index in [1.54, 1.807) is 60.0 Å². The molecule has 0 spiro atoms. The van der Waals surface area contributed by atoms with E-state index in [0.29, 0.717) is 72.5 Å². The average molecular weight is 738 g/mol. The minimum Gasteiger partial charge on any atom is -0.481 e. The Kier molecular flexibility index (Phi) is 12.2. The SMILES string of the molecule is COc1nc(-c2cccc(-c3cccc(-c4ccc(CNCCn5ccccc5=O)c(OC)n4)c3Cl)c2Cl)ccc1CNCCn1ccccc1=O. The minimum atomic E-state index is -0.0355. The van der Waals surface area contributed by atoms with Crippen LogP contribution in [0.3, 0.4) is 0 Å². The summed E-state index contributed by atoms with van der Waals surface area (Å²) in [6.07, 6.45) is 3.54. The molecule has 0 aliphatic rings. The van der Waals surface area contributed by atoms with Crippen LogP contribution in [0.5, 0.6) is 11.8 Å². The standard InChI is InChI=1S/C40H38Cl2N6O4/c1-51-39-27(25-43-19-23-47-21-5-3-13-35(47)49)15-17-33(45-39)31-11-7-9-29(37(31)41)30-10-8-12-32(38(30)42)34-18-16-28(40(46-34)52-2)26-44-20-24-48-22-6-4-14-36(48)50/h3-18,21-22,43-44H,19-20,23-26H2,1-2H3. The number of nitrogens with zero attached hydrogens (tertiary/aromatic N) is 4. The molecular formula is C40H38Cl2N6O4. The average Bonchev–Trinajstić information content (AvgIpc) is 3.17. The Morgan fingerprint density at radius 3 is 1.38 bits per heavy atom. The molecule has 12 heteroatoms. The van der Waals surface area contributed by atoms with Gasteiger partial charge in [-0.25, -0.2) is 9.97 Å². The van der Waals surface area contributed by atoms with Crippen molar-refractivity contribution in [2.45, 2.75) is 26.2 Å². The van der Waals surface area contributed by atoms with Crippen molar-refractivity contribution in [3.05, 3.63) is 151 Å². The number of hydrogen-bond acceptors (Lipinski definition) is 8. The Morgan fingerprint density at radius 1 is 0.558 bits per heavy atom. The van der Waals surface area contributed by atoms with Crippen molar-refractivity contribution in [2.24, 2.45) is 0 Å². The molecule has 4 aromatic heterocycles. The zero-order valence-electron chi connectivity index (χ0n) is 28.8. The summed E-state index contributed by atoms with van der Waals surface area (Å²) in [6, 6.07) is 29.5. The van der Waals surface area contributed by atoms with Crippen LogP contribution in [-0.4, -0.2) is 46.4 Å². The van der Waals surface area contributed by atoms with Gasteiger partial charge >= 0.3 is 0 Å². The third-order valence-electron chi connectivity index (χ3n) is 8.59. The first-order valence-electron chi connectivity index (χ1n) is 16.8. The molecule has 0 saturated carbocycles. The van der Waals surface area contributed by atoms with Crippen LogP contribution in [0.2, 0.25) is 10.0 Å². The fraction of sp³-hybridized carbons (Fsp3) is 0.200. The van der Waals surface area contributed by atoms with Crippen molar-refractivity contribution in [2.75, 3.05) is 27.3 Å². The highest BCUT2D eigenvalue weighted by molar-refractivity contribution is 6.39. The number of halogens is 2. The van der Waals surface area contributed by atoms with E-state index in [0.717, 1.165) is 33.4 Å². The highest BCUT2D eigenvalue weighted by atomic mass is 35.5. The summed E-state index contributed by atoms with van der Waals surface area (Å²) < 4.78 is 14.6. The quantitative estimate of drug-likeness (QED) is 0.112. The third kappa shape index (κ3) is 8.43. The van der Waals surface area contributed by atoms with Gasteiger partial charge in [0, 0.05) is 97.2 Å². The zero-order chi connectivity index (χ0) is 36.5. The van der Waals surface area contributed by atoms with E-state index >= 15 is 0 Å².